The molecule has 8 nitrogen and oxygen atoms in total. The quantitative estimate of drug-likeness (QED) is 0.234. The molecule has 42 heavy (non-hydrogen) atoms. The molecule has 3 N–H and O–H groups in total. The average Bonchev–Trinajstić information content (AvgIpc) is 2.93. The fourth-order valence-electron chi connectivity index (χ4n) is 5.56. The first-order valence-electron chi connectivity index (χ1n) is 15.9. The number of carbonyl (C=O) groups is 4. The number of amides is 3. The third kappa shape index (κ3) is 12.6. The molecule has 0 aliphatic heterocycles. The van der Waals surface area contributed by atoms with Crippen LogP contribution in [0, 0.1) is 23.7 Å². The van der Waals surface area contributed by atoms with E-state index >= 15 is 0 Å². The Labute approximate surface area is 253 Å². The van der Waals surface area contributed by atoms with Gasteiger partial charge in [0.25, 0.3) is 0 Å². The number of carbonyl (C=O) groups excluding carboxylic acids is 4. The number of hydrogen-bond acceptors (Lipinski definition) is 6. The number of alkyl carbamates (subject to hydrolysis) is 1. The Kier molecular flexibility index (Phi) is 14.7. The molecule has 0 heterocycles. The van der Waals surface area contributed by atoms with Crippen LogP contribution in [0.3, 0.4) is 0 Å². The lowest BCUT2D eigenvalue weighted by Gasteiger charge is -2.29. The largest absolute Gasteiger partial charge is 0.444 e. The van der Waals surface area contributed by atoms with Gasteiger partial charge in [-0.2, -0.15) is 0 Å². The van der Waals surface area contributed by atoms with Crippen LogP contribution in [0.1, 0.15) is 105 Å². The third-order valence-corrected chi connectivity index (χ3v) is 8.30. The van der Waals surface area contributed by atoms with Crippen LogP contribution in [0.25, 0.3) is 0 Å². The standard InChI is InChI=1S/C34H55N3O5/c1-8-24(4)30(35-20-19-25-15-11-9-12-16-25)32(40)37-31(39)27(23(2)3)22-29(38)28(21-26-17-13-10-14-18-26)36-33(41)42-34(5,6)7/h9,11-12,15-16,23-24,26-28,30,35H,8,10,13-14,17-22H2,1-7H3,(H,36,41)(H,37,39,40)/t24-,27-,28-,30-/m0/s1. The van der Waals surface area contributed by atoms with E-state index in [0.717, 1.165) is 38.5 Å². The van der Waals surface area contributed by atoms with Crippen molar-refractivity contribution in [3.63, 3.8) is 0 Å². The van der Waals surface area contributed by atoms with E-state index in [0.29, 0.717) is 18.9 Å². The van der Waals surface area contributed by atoms with Gasteiger partial charge in [0.2, 0.25) is 11.8 Å². The highest BCUT2D eigenvalue weighted by molar-refractivity contribution is 6.00. The second-order valence-electron chi connectivity index (χ2n) is 13.4. The number of ether oxygens (including phenoxy) is 1. The Bertz CT molecular complexity index is 998. The first kappa shape index (κ1) is 35.5. The molecule has 0 bridgehead atoms. The number of ketones is 1. The summed E-state index contributed by atoms with van der Waals surface area (Å²) in [4.78, 5) is 53.1. The fraction of sp³-hybridized carbons (Fsp3) is 0.706. The number of Topliss-reactive ketones (excluding diaryl/α,β-unsaturated/α-hetero) is 1. The Hall–Kier alpha value is -2.74. The fourth-order valence-corrected chi connectivity index (χ4v) is 5.56. The molecule has 1 aliphatic carbocycles. The number of nitrogens with one attached hydrogen (secondary N) is 3. The minimum atomic E-state index is -0.736. The van der Waals surface area contributed by atoms with Crippen LogP contribution in [0.15, 0.2) is 30.3 Å². The second kappa shape index (κ2) is 17.4. The van der Waals surface area contributed by atoms with Crippen molar-refractivity contribution >= 4 is 23.7 Å². The zero-order valence-corrected chi connectivity index (χ0v) is 27.0. The molecule has 1 fully saturated rings. The summed E-state index contributed by atoms with van der Waals surface area (Å²) in [7, 11) is 0. The van der Waals surface area contributed by atoms with Gasteiger partial charge in [-0.15, -0.1) is 0 Å². The van der Waals surface area contributed by atoms with Gasteiger partial charge in [-0.25, -0.2) is 4.79 Å². The predicted octanol–water partition coefficient (Wildman–Crippen LogP) is 5.97. The topological polar surface area (TPSA) is 114 Å². The highest BCUT2D eigenvalue weighted by atomic mass is 16.6. The molecule has 1 aromatic rings. The minimum absolute atomic E-state index is 0.0191. The van der Waals surface area contributed by atoms with E-state index in [1.807, 2.05) is 58.0 Å². The maximum absolute atomic E-state index is 13.6. The molecule has 0 spiro atoms. The first-order chi connectivity index (χ1) is 19.8. The smallest absolute Gasteiger partial charge is 0.408 e. The second-order valence-corrected chi connectivity index (χ2v) is 13.4. The van der Waals surface area contributed by atoms with Gasteiger partial charge in [0, 0.05) is 12.3 Å². The van der Waals surface area contributed by atoms with Gasteiger partial charge < -0.3 is 15.4 Å². The van der Waals surface area contributed by atoms with Crippen molar-refractivity contribution < 1.29 is 23.9 Å². The van der Waals surface area contributed by atoms with E-state index in [1.165, 1.54) is 12.0 Å². The van der Waals surface area contributed by atoms with Gasteiger partial charge in [-0.3, -0.25) is 19.7 Å². The monoisotopic (exact) mass is 585 g/mol. The molecule has 2 rings (SSSR count). The number of rotatable bonds is 15. The maximum atomic E-state index is 13.6. The summed E-state index contributed by atoms with van der Waals surface area (Å²) in [6.45, 7) is 13.7. The summed E-state index contributed by atoms with van der Waals surface area (Å²) in [5.74, 6) is -1.53. The predicted molar refractivity (Wildman–Crippen MR) is 167 cm³/mol. The van der Waals surface area contributed by atoms with E-state index in [9.17, 15) is 19.2 Å². The van der Waals surface area contributed by atoms with Crippen molar-refractivity contribution in [2.75, 3.05) is 6.54 Å². The normalized spacial score (nSPS) is 17.1. The van der Waals surface area contributed by atoms with Crippen molar-refractivity contribution in [1.82, 2.24) is 16.0 Å². The van der Waals surface area contributed by atoms with Crippen molar-refractivity contribution in [2.45, 2.75) is 124 Å². The summed E-state index contributed by atoms with van der Waals surface area (Å²) < 4.78 is 5.45. The molecule has 8 heteroatoms. The summed E-state index contributed by atoms with van der Waals surface area (Å²) in [5, 5.41) is 8.77. The third-order valence-electron chi connectivity index (χ3n) is 8.30. The van der Waals surface area contributed by atoms with Gasteiger partial charge >= 0.3 is 6.09 Å². The molecule has 1 aliphatic rings. The summed E-state index contributed by atoms with van der Waals surface area (Å²) in [6, 6.07) is 8.78. The molecule has 1 aromatic carbocycles. The molecule has 0 radical (unpaired) electrons. The molecule has 0 aromatic heterocycles. The van der Waals surface area contributed by atoms with Crippen molar-refractivity contribution in [2.24, 2.45) is 23.7 Å². The Morgan fingerprint density at radius 1 is 0.952 bits per heavy atom. The van der Waals surface area contributed by atoms with E-state index < -0.39 is 35.6 Å². The molecule has 3 amide bonds. The van der Waals surface area contributed by atoms with Crippen molar-refractivity contribution in [3.8, 4) is 0 Å². The molecule has 0 saturated heterocycles. The van der Waals surface area contributed by atoms with Gasteiger partial charge in [0.15, 0.2) is 5.78 Å². The lowest BCUT2D eigenvalue weighted by Crippen LogP contribution is -2.52. The van der Waals surface area contributed by atoms with Crippen LogP contribution in [0.4, 0.5) is 4.79 Å². The van der Waals surface area contributed by atoms with Crippen molar-refractivity contribution in [1.29, 1.82) is 0 Å². The Balaban J connectivity index is 2.09. The van der Waals surface area contributed by atoms with E-state index in [1.54, 1.807) is 20.8 Å². The van der Waals surface area contributed by atoms with Crippen molar-refractivity contribution in [3.05, 3.63) is 35.9 Å². The van der Waals surface area contributed by atoms with E-state index in [4.69, 9.17) is 4.74 Å². The highest BCUT2D eigenvalue weighted by Gasteiger charge is 2.34. The van der Waals surface area contributed by atoms with Gasteiger partial charge in [0.1, 0.15) is 5.60 Å². The molecular weight excluding hydrogens is 530 g/mol. The van der Waals surface area contributed by atoms with E-state index in [-0.39, 0.29) is 29.9 Å². The Morgan fingerprint density at radius 3 is 2.17 bits per heavy atom. The highest BCUT2D eigenvalue weighted by Crippen LogP contribution is 2.29. The van der Waals surface area contributed by atoms with Crippen LogP contribution in [-0.2, 0) is 25.5 Å². The molecule has 4 atom stereocenters. The van der Waals surface area contributed by atoms with Crippen LogP contribution >= 0.6 is 0 Å². The molecule has 0 unspecified atom stereocenters. The van der Waals surface area contributed by atoms with Gasteiger partial charge in [-0.1, -0.05) is 96.6 Å². The summed E-state index contributed by atoms with van der Waals surface area (Å²) in [6.07, 6.45) is 6.87. The van der Waals surface area contributed by atoms with Crippen LogP contribution in [-0.4, -0.2) is 47.9 Å². The molecular formula is C34H55N3O5. The maximum Gasteiger partial charge on any atom is 0.408 e. The zero-order valence-electron chi connectivity index (χ0n) is 27.0. The number of imide groups is 1. The molecule has 1 saturated carbocycles. The number of hydrogen-bond donors (Lipinski definition) is 3. The minimum Gasteiger partial charge on any atom is -0.444 e. The summed E-state index contributed by atoms with van der Waals surface area (Å²) in [5.41, 5.74) is 0.482. The number of benzene rings is 1. The van der Waals surface area contributed by atoms with Crippen LogP contribution < -0.4 is 16.0 Å². The lowest BCUT2D eigenvalue weighted by molar-refractivity contribution is -0.137. The van der Waals surface area contributed by atoms with Gasteiger partial charge in [0.05, 0.1) is 12.1 Å². The molecule has 236 valence electrons. The zero-order chi connectivity index (χ0) is 31.3. The summed E-state index contributed by atoms with van der Waals surface area (Å²) >= 11 is 0. The van der Waals surface area contributed by atoms with Crippen LogP contribution in [0.2, 0.25) is 0 Å². The lowest BCUT2D eigenvalue weighted by atomic mass is 9.81. The first-order valence-corrected chi connectivity index (χ1v) is 15.9. The Morgan fingerprint density at radius 2 is 1.60 bits per heavy atom. The van der Waals surface area contributed by atoms with E-state index in [2.05, 4.69) is 16.0 Å². The SMILES string of the molecule is CC[C@H](C)[C@H](NCCc1ccccc1)C(=O)NC(=O)[C@@H](CC(=O)[C@H](CC1CCCCC1)NC(=O)OC(C)(C)C)C(C)C. The van der Waals surface area contributed by atoms with Crippen LogP contribution in [0.5, 0.6) is 0 Å². The average molecular weight is 586 g/mol. The van der Waals surface area contributed by atoms with Gasteiger partial charge in [-0.05, 0) is 63.5 Å².